The molecule has 13 nitrogen and oxygen atoms in total. The Balaban J connectivity index is 3.10. The lowest BCUT2D eigenvalue weighted by molar-refractivity contribution is -0.144. The van der Waals surface area contributed by atoms with Gasteiger partial charge in [0.25, 0.3) is 0 Å². The number of benzene rings is 1. The van der Waals surface area contributed by atoms with Crippen LogP contribution in [-0.2, 0) is 35.2 Å². The Morgan fingerprint density at radius 1 is 0.838 bits per heavy atom. The molecule has 0 heterocycles. The second-order valence-corrected chi connectivity index (χ2v) is 9.05. The third-order valence-corrected chi connectivity index (χ3v) is 5.28. The fourth-order valence-electron chi connectivity index (χ4n) is 3.40. The van der Waals surface area contributed by atoms with E-state index in [1.54, 1.807) is 44.2 Å². The van der Waals surface area contributed by atoms with Crippen LogP contribution in [0.5, 0.6) is 0 Å². The van der Waals surface area contributed by atoms with Crippen molar-refractivity contribution in [3.05, 3.63) is 35.9 Å². The number of nitrogens with one attached hydrogen (secondary N) is 3. The van der Waals surface area contributed by atoms with E-state index in [2.05, 4.69) is 16.0 Å². The number of hydrogen-bond donors (Lipinski definition) is 7. The van der Waals surface area contributed by atoms with E-state index in [1.165, 1.54) is 0 Å². The molecule has 0 spiro atoms. The molecule has 0 bridgehead atoms. The predicted molar refractivity (Wildman–Crippen MR) is 132 cm³/mol. The van der Waals surface area contributed by atoms with Gasteiger partial charge in [-0.05, 0) is 24.3 Å². The average Bonchev–Trinajstić information content (AvgIpc) is 2.80. The summed E-state index contributed by atoms with van der Waals surface area (Å²) in [4.78, 5) is 72.1. The van der Waals surface area contributed by atoms with Crippen molar-refractivity contribution in [2.45, 2.75) is 70.1 Å². The number of carboxylic acid groups (broad SMARTS) is 2. The van der Waals surface area contributed by atoms with Crippen molar-refractivity contribution in [2.75, 3.05) is 0 Å². The van der Waals surface area contributed by atoms with Crippen LogP contribution in [0, 0.1) is 5.92 Å². The van der Waals surface area contributed by atoms with E-state index in [1.807, 2.05) is 0 Å². The highest BCUT2D eigenvalue weighted by atomic mass is 16.4. The summed E-state index contributed by atoms with van der Waals surface area (Å²) in [6, 6.07) is 3.60. The molecule has 0 saturated heterocycles. The lowest BCUT2D eigenvalue weighted by Crippen LogP contribution is -2.58. The monoisotopic (exact) mass is 521 g/mol. The minimum absolute atomic E-state index is 0.0412. The lowest BCUT2D eigenvalue weighted by atomic mass is 10.00. The summed E-state index contributed by atoms with van der Waals surface area (Å²) in [5.74, 6) is -5.92. The Labute approximate surface area is 214 Å². The number of nitrogens with two attached hydrogens (primary N) is 2. The molecule has 1 aromatic carbocycles. The van der Waals surface area contributed by atoms with Crippen molar-refractivity contribution in [2.24, 2.45) is 17.4 Å². The van der Waals surface area contributed by atoms with E-state index in [-0.39, 0.29) is 31.6 Å². The van der Waals surface area contributed by atoms with Gasteiger partial charge < -0.3 is 37.6 Å². The van der Waals surface area contributed by atoms with E-state index in [9.17, 15) is 33.9 Å². The number of aliphatic carboxylic acids is 2. The van der Waals surface area contributed by atoms with Crippen molar-refractivity contribution < 1.29 is 39.0 Å². The Morgan fingerprint density at radius 2 is 1.38 bits per heavy atom. The van der Waals surface area contributed by atoms with Crippen LogP contribution in [0.15, 0.2) is 30.3 Å². The summed E-state index contributed by atoms with van der Waals surface area (Å²) in [6.45, 7) is 3.57. The molecule has 1 rings (SSSR count). The Kier molecular flexibility index (Phi) is 12.7. The first-order chi connectivity index (χ1) is 17.3. The molecule has 0 aliphatic heterocycles. The second-order valence-electron chi connectivity index (χ2n) is 9.05. The molecule has 4 unspecified atom stereocenters. The molecule has 4 atom stereocenters. The van der Waals surface area contributed by atoms with Crippen molar-refractivity contribution in [3.8, 4) is 0 Å². The molecule has 13 heteroatoms. The Hall–Kier alpha value is -4.00. The third-order valence-electron chi connectivity index (χ3n) is 5.28. The van der Waals surface area contributed by atoms with Crippen LogP contribution in [0.1, 0.15) is 45.1 Å². The van der Waals surface area contributed by atoms with E-state index in [0.29, 0.717) is 5.56 Å². The SMILES string of the molecule is CC(C)CC(NC(=O)C(Cc1ccccc1)NC(=O)C(N)CCC(=O)O)C(=O)NC(CC(N)=O)C(=O)O. The number of rotatable bonds is 16. The molecule has 1 aromatic rings. The van der Waals surface area contributed by atoms with E-state index in [4.69, 9.17) is 16.6 Å². The maximum absolute atomic E-state index is 13.2. The van der Waals surface area contributed by atoms with Gasteiger partial charge in [-0.1, -0.05) is 44.2 Å². The van der Waals surface area contributed by atoms with Crippen LogP contribution in [0.25, 0.3) is 0 Å². The molecule has 0 saturated carbocycles. The predicted octanol–water partition coefficient (Wildman–Crippen LogP) is -1.12. The van der Waals surface area contributed by atoms with Gasteiger partial charge in [0.2, 0.25) is 23.6 Å². The van der Waals surface area contributed by atoms with Gasteiger partial charge in [-0.25, -0.2) is 4.79 Å². The molecule has 204 valence electrons. The highest BCUT2D eigenvalue weighted by Crippen LogP contribution is 2.09. The Bertz CT molecular complexity index is 969. The van der Waals surface area contributed by atoms with Gasteiger partial charge in [0.1, 0.15) is 18.1 Å². The highest BCUT2D eigenvalue weighted by molar-refractivity contribution is 5.95. The van der Waals surface area contributed by atoms with Gasteiger partial charge in [-0.2, -0.15) is 0 Å². The fraction of sp³-hybridized carbons (Fsp3) is 0.500. The standard InChI is InChI=1S/C24H35N5O8/c1-13(2)10-16(22(34)29-18(24(36)37)12-19(26)30)28-23(35)17(11-14-6-4-3-5-7-14)27-21(33)15(25)8-9-20(31)32/h3-7,13,15-18H,8-12,25H2,1-2H3,(H2,26,30)(H,27,33)(H,28,35)(H,29,34)(H,31,32)(H,36,37). The van der Waals surface area contributed by atoms with Crippen molar-refractivity contribution in [1.29, 1.82) is 0 Å². The molecular formula is C24H35N5O8. The van der Waals surface area contributed by atoms with Gasteiger partial charge in [0.05, 0.1) is 12.5 Å². The average molecular weight is 522 g/mol. The minimum atomic E-state index is -1.58. The van der Waals surface area contributed by atoms with Gasteiger partial charge >= 0.3 is 11.9 Å². The van der Waals surface area contributed by atoms with E-state index >= 15 is 0 Å². The molecule has 0 aromatic heterocycles. The number of carbonyl (C=O) groups is 6. The molecule has 4 amide bonds. The van der Waals surface area contributed by atoms with Crippen molar-refractivity contribution >= 4 is 35.6 Å². The summed E-state index contributed by atoms with van der Waals surface area (Å²) in [7, 11) is 0. The number of amides is 4. The number of hydrogen-bond acceptors (Lipinski definition) is 7. The molecule has 0 fully saturated rings. The summed E-state index contributed by atoms with van der Waals surface area (Å²) in [5.41, 5.74) is 11.5. The van der Waals surface area contributed by atoms with Crippen LogP contribution in [0.4, 0.5) is 0 Å². The van der Waals surface area contributed by atoms with E-state index < -0.39 is 66.2 Å². The normalized spacial score (nSPS) is 14.1. The number of carboxylic acids is 2. The molecular weight excluding hydrogens is 486 g/mol. The maximum atomic E-state index is 13.2. The maximum Gasteiger partial charge on any atom is 0.326 e. The van der Waals surface area contributed by atoms with Gasteiger partial charge in [0.15, 0.2) is 0 Å². The zero-order chi connectivity index (χ0) is 28.1. The molecule has 0 aliphatic carbocycles. The zero-order valence-corrected chi connectivity index (χ0v) is 20.8. The van der Waals surface area contributed by atoms with Crippen LogP contribution in [-0.4, -0.2) is 69.9 Å². The molecule has 37 heavy (non-hydrogen) atoms. The summed E-state index contributed by atoms with van der Waals surface area (Å²) >= 11 is 0. The first kappa shape index (κ1) is 31.0. The topological polar surface area (TPSA) is 231 Å². The largest absolute Gasteiger partial charge is 0.481 e. The summed E-state index contributed by atoms with van der Waals surface area (Å²) in [5, 5.41) is 25.4. The van der Waals surface area contributed by atoms with Gasteiger partial charge in [-0.3, -0.25) is 24.0 Å². The van der Waals surface area contributed by atoms with Crippen LogP contribution >= 0.6 is 0 Å². The molecule has 0 aliphatic rings. The quantitative estimate of drug-likeness (QED) is 0.139. The zero-order valence-electron chi connectivity index (χ0n) is 20.8. The molecule has 9 N–H and O–H groups in total. The summed E-state index contributed by atoms with van der Waals surface area (Å²) in [6.07, 6.45) is -0.944. The smallest absolute Gasteiger partial charge is 0.326 e. The minimum Gasteiger partial charge on any atom is -0.481 e. The third kappa shape index (κ3) is 12.0. The van der Waals surface area contributed by atoms with E-state index in [0.717, 1.165) is 0 Å². The second kappa shape index (κ2) is 15.2. The number of primary amides is 1. The van der Waals surface area contributed by atoms with Crippen molar-refractivity contribution in [1.82, 2.24) is 16.0 Å². The Morgan fingerprint density at radius 3 is 1.89 bits per heavy atom. The summed E-state index contributed by atoms with van der Waals surface area (Å²) < 4.78 is 0. The van der Waals surface area contributed by atoms with Gasteiger partial charge in [0, 0.05) is 12.8 Å². The van der Waals surface area contributed by atoms with Crippen molar-refractivity contribution in [3.63, 3.8) is 0 Å². The highest BCUT2D eigenvalue weighted by Gasteiger charge is 2.31. The first-order valence-corrected chi connectivity index (χ1v) is 11.7. The van der Waals surface area contributed by atoms with Crippen LogP contribution in [0.2, 0.25) is 0 Å². The first-order valence-electron chi connectivity index (χ1n) is 11.7. The number of carbonyl (C=O) groups excluding carboxylic acids is 4. The van der Waals surface area contributed by atoms with Crippen LogP contribution < -0.4 is 27.4 Å². The lowest BCUT2D eigenvalue weighted by Gasteiger charge is -2.26. The fourth-order valence-corrected chi connectivity index (χ4v) is 3.40. The van der Waals surface area contributed by atoms with Gasteiger partial charge in [-0.15, -0.1) is 0 Å². The van der Waals surface area contributed by atoms with Crippen LogP contribution in [0.3, 0.4) is 0 Å². The molecule has 0 radical (unpaired) electrons.